The lowest BCUT2D eigenvalue weighted by atomic mass is 9.83. The summed E-state index contributed by atoms with van der Waals surface area (Å²) in [4.78, 5) is 17.3. The zero-order valence-corrected chi connectivity index (χ0v) is 13.1. The molecule has 0 amide bonds. The van der Waals surface area contributed by atoms with Gasteiger partial charge in [0, 0.05) is 29.7 Å². The molecule has 7 nitrogen and oxygen atoms in total. The van der Waals surface area contributed by atoms with Crippen LogP contribution in [-0.2, 0) is 10.3 Å². The Morgan fingerprint density at radius 1 is 1.04 bits per heavy atom. The van der Waals surface area contributed by atoms with Gasteiger partial charge in [-0.15, -0.1) is 0 Å². The molecular weight excluding hydrogens is 318 g/mol. The van der Waals surface area contributed by atoms with Gasteiger partial charge in [-0.25, -0.2) is 15.0 Å². The fraction of sp³-hybridized carbons (Fsp3) is 0.111. The number of aromatic nitrogens is 3. The molecule has 0 unspecified atom stereocenters. The highest BCUT2D eigenvalue weighted by Gasteiger charge is 2.48. The molecule has 0 radical (unpaired) electrons. The summed E-state index contributed by atoms with van der Waals surface area (Å²) in [5.74, 6) is 1.37. The molecular formula is C18H13N5O2. The minimum atomic E-state index is -0.806. The smallest absolute Gasteiger partial charge is 0.283 e. The van der Waals surface area contributed by atoms with Crippen LogP contribution in [0, 0.1) is 0 Å². The largest absolute Gasteiger partial charge is 0.462 e. The third-order valence-corrected chi connectivity index (χ3v) is 4.43. The van der Waals surface area contributed by atoms with Crippen LogP contribution in [0.2, 0.25) is 0 Å². The number of pyridine rings is 1. The van der Waals surface area contributed by atoms with E-state index in [0.29, 0.717) is 17.2 Å². The highest BCUT2D eigenvalue weighted by atomic mass is 16.5. The van der Waals surface area contributed by atoms with Crippen molar-refractivity contribution in [2.75, 3.05) is 6.61 Å². The lowest BCUT2D eigenvalue weighted by molar-refractivity contribution is 0.260. The van der Waals surface area contributed by atoms with Crippen LogP contribution in [0.4, 0.5) is 0 Å². The van der Waals surface area contributed by atoms with Crippen LogP contribution < -0.4 is 10.5 Å². The first-order valence-electron chi connectivity index (χ1n) is 7.78. The summed E-state index contributed by atoms with van der Waals surface area (Å²) < 4.78 is 11.5. The second-order valence-corrected chi connectivity index (χ2v) is 5.89. The van der Waals surface area contributed by atoms with Gasteiger partial charge in [-0.05, 0) is 29.8 Å². The molecule has 3 aromatic rings. The van der Waals surface area contributed by atoms with Gasteiger partial charge in [0.15, 0.2) is 11.3 Å². The van der Waals surface area contributed by atoms with Crippen LogP contribution in [0.3, 0.4) is 0 Å². The van der Waals surface area contributed by atoms with E-state index in [-0.39, 0.29) is 12.6 Å². The molecule has 0 fully saturated rings. The lowest BCUT2D eigenvalue weighted by Crippen LogP contribution is -2.32. The van der Waals surface area contributed by atoms with Crippen molar-refractivity contribution in [2.45, 2.75) is 5.54 Å². The number of benzene rings is 1. The van der Waals surface area contributed by atoms with E-state index in [0.717, 1.165) is 16.7 Å². The number of amidine groups is 1. The van der Waals surface area contributed by atoms with Crippen LogP contribution in [0.1, 0.15) is 11.3 Å². The SMILES string of the molecule is NC1=N[C@]2(CO1)c1cc(-c3cncnc3)ccc1Oc1cccnc12. The molecule has 2 aromatic heterocycles. The molecule has 1 spiro atoms. The van der Waals surface area contributed by atoms with Crippen LogP contribution in [-0.4, -0.2) is 27.6 Å². The van der Waals surface area contributed by atoms with E-state index in [1.54, 1.807) is 18.6 Å². The summed E-state index contributed by atoms with van der Waals surface area (Å²) in [7, 11) is 0. The maximum absolute atomic E-state index is 6.03. The number of fused-ring (bicyclic) bond motifs is 4. The molecule has 2 N–H and O–H groups in total. The normalized spacial score (nSPS) is 20.2. The molecule has 2 aliphatic heterocycles. The van der Waals surface area contributed by atoms with Crippen LogP contribution in [0.15, 0.2) is 60.2 Å². The molecule has 7 heteroatoms. The summed E-state index contributed by atoms with van der Waals surface area (Å²) in [6.45, 7) is 0.286. The maximum Gasteiger partial charge on any atom is 0.283 e. The van der Waals surface area contributed by atoms with Crippen molar-refractivity contribution in [1.82, 2.24) is 15.0 Å². The van der Waals surface area contributed by atoms with Crippen molar-refractivity contribution in [1.29, 1.82) is 0 Å². The average molecular weight is 331 g/mol. The fourth-order valence-electron chi connectivity index (χ4n) is 3.29. The van der Waals surface area contributed by atoms with Gasteiger partial charge < -0.3 is 15.2 Å². The Balaban J connectivity index is 1.75. The van der Waals surface area contributed by atoms with E-state index in [2.05, 4.69) is 19.9 Å². The van der Waals surface area contributed by atoms with E-state index >= 15 is 0 Å². The minimum absolute atomic E-state index is 0.151. The summed E-state index contributed by atoms with van der Waals surface area (Å²) in [6, 6.07) is 9.75. The van der Waals surface area contributed by atoms with E-state index in [9.17, 15) is 0 Å². The summed E-state index contributed by atoms with van der Waals surface area (Å²) in [6.07, 6.45) is 6.75. The van der Waals surface area contributed by atoms with Gasteiger partial charge in [0.05, 0.1) is 0 Å². The molecule has 1 atom stereocenters. The zero-order chi connectivity index (χ0) is 16.9. The van der Waals surface area contributed by atoms with Gasteiger partial charge in [-0.2, -0.15) is 0 Å². The predicted octanol–water partition coefficient (Wildman–Crippen LogP) is 2.23. The number of hydrogen-bond acceptors (Lipinski definition) is 7. The topological polar surface area (TPSA) is 95.5 Å². The van der Waals surface area contributed by atoms with Gasteiger partial charge in [0.25, 0.3) is 6.02 Å². The number of nitrogens with two attached hydrogens (primary N) is 1. The van der Waals surface area contributed by atoms with Crippen molar-refractivity contribution in [3.8, 4) is 22.6 Å². The molecule has 25 heavy (non-hydrogen) atoms. The Hall–Kier alpha value is -3.48. The summed E-state index contributed by atoms with van der Waals surface area (Å²) in [5, 5.41) is 0. The molecule has 4 heterocycles. The van der Waals surface area contributed by atoms with Crippen molar-refractivity contribution in [3.63, 3.8) is 0 Å². The Kier molecular flexibility index (Phi) is 2.79. The first-order valence-corrected chi connectivity index (χ1v) is 7.78. The molecule has 122 valence electrons. The van der Waals surface area contributed by atoms with Crippen molar-refractivity contribution >= 4 is 6.02 Å². The van der Waals surface area contributed by atoms with E-state index in [1.807, 2.05) is 30.3 Å². The fourth-order valence-corrected chi connectivity index (χ4v) is 3.29. The monoisotopic (exact) mass is 331 g/mol. The second-order valence-electron chi connectivity index (χ2n) is 5.89. The maximum atomic E-state index is 6.03. The summed E-state index contributed by atoms with van der Waals surface area (Å²) >= 11 is 0. The predicted molar refractivity (Wildman–Crippen MR) is 90.1 cm³/mol. The first-order chi connectivity index (χ1) is 12.3. The number of hydrogen-bond donors (Lipinski definition) is 1. The molecule has 1 aromatic carbocycles. The highest BCUT2D eigenvalue weighted by Crippen LogP contribution is 2.50. The quantitative estimate of drug-likeness (QED) is 0.734. The summed E-state index contributed by atoms with van der Waals surface area (Å²) in [5.41, 5.74) is 8.46. The molecule has 0 saturated heterocycles. The standard InChI is InChI=1S/C18H13N5O2/c19-17-23-18(9-24-17)13-6-11(12-7-20-10-21-8-12)3-4-14(13)25-15-2-1-5-22-16(15)18/h1-8,10H,9H2,(H2,19,23)/t18-/m1/s1. The molecule has 2 aliphatic rings. The van der Waals surface area contributed by atoms with Gasteiger partial charge in [-0.3, -0.25) is 4.98 Å². The van der Waals surface area contributed by atoms with E-state index < -0.39 is 5.54 Å². The first kappa shape index (κ1) is 13.9. The molecule has 0 aliphatic carbocycles. The van der Waals surface area contributed by atoms with Crippen LogP contribution in [0.25, 0.3) is 11.1 Å². The van der Waals surface area contributed by atoms with Crippen molar-refractivity contribution in [2.24, 2.45) is 10.7 Å². The Morgan fingerprint density at radius 3 is 2.72 bits per heavy atom. The molecule has 0 bridgehead atoms. The number of ether oxygens (including phenoxy) is 2. The number of rotatable bonds is 1. The number of nitrogens with zero attached hydrogens (tertiary/aromatic N) is 4. The number of aliphatic imine (C=N–C) groups is 1. The molecule has 0 saturated carbocycles. The van der Waals surface area contributed by atoms with E-state index in [1.165, 1.54) is 6.33 Å². The van der Waals surface area contributed by atoms with Crippen LogP contribution in [0.5, 0.6) is 11.5 Å². The Bertz CT molecular complexity index is 1010. The Morgan fingerprint density at radius 2 is 1.92 bits per heavy atom. The van der Waals surface area contributed by atoms with Gasteiger partial charge in [-0.1, -0.05) is 6.07 Å². The third-order valence-electron chi connectivity index (χ3n) is 4.43. The Labute approximate surface area is 143 Å². The van der Waals surface area contributed by atoms with Gasteiger partial charge in [0.2, 0.25) is 0 Å². The van der Waals surface area contributed by atoms with Gasteiger partial charge >= 0.3 is 0 Å². The molecule has 5 rings (SSSR count). The van der Waals surface area contributed by atoms with Crippen molar-refractivity contribution in [3.05, 3.63) is 66.5 Å². The minimum Gasteiger partial charge on any atom is -0.462 e. The van der Waals surface area contributed by atoms with Crippen LogP contribution >= 0.6 is 0 Å². The highest BCUT2D eigenvalue weighted by molar-refractivity contribution is 5.77. The van der Waals surface area contributed by atoms with Gasteiger partial charge in [0.1, 0.15) is 24.4 Å². The second kappa shape index (κ2) is 5.01. The van der Waals surface area contributed by atoms with Crippen molar-refractivity contribution < 1.29 is 9.47 Å². The zero-order valence-electron chi connectivity index (χ0n) is 13.1. The van der Waals surface area contributed by atoms with E-state index in [4.69, 9.17) is 15.2 Å². The third kappa shape index (κ3) is 1.99. The lowest BCUT2D eigenvalue weighted by Gasteiger charge is -2.32. The average Bonchev–Trinajstić information content (AvgIpc) is 3.05.